The van der Waals surface area contributed by atoms with Crippen molar-refractivity contribution in [1.29, 1.82) is 0 Å². The zero-order valence-electron chi connectivity index (χ0n) is 13.4. The second-order valence-electron chi connectivity index (χ2n) is 7.29. The van der Waals surface area contributed by atoms with Crippen molar-refractivity contribution in [1.82, 2.24) is 0 Å². The van der Waals surface area contributed by atoms with Gasteiger partial charge in [0.25, 0.3) is 0 Å². The highest BCUT2D eigenvalue weighted by Crippen LogP contribution is 2.44. The first kappa shape index (κ1) is 16.5. The lowest BCUT2D eigenvalue weighted by Crippen LogP contribution is -2.41. The largest absolute Gasteiger partial charge is 0.525 e. The number of hydrogen-bond donors (Lipinski definition) is 1. The van der Waals surface area contributed by atoms with Crippen LogP contribution in [-0.4, -0.2) is 29.4 Å². The van der Waals surface area contributed by atoms with E-state index in [4.69, 9.17) is 14.4 Å². The Hall–Kier alpha value is -0.875. The maximum Gasteiger partial charge on any atom is 0.525 e. The van der Waals surface area contributed by atoms with Crippen molar-refractivity contribution in [2.75, 3.05) is 0 Å². The summed E-state index contributed by atoms with van der Waals surface area (Å²) in [6, 6.07) is 0. The van der Waals surface area contributed by atoms with E-state index in [2.05, 4.69) is 0 Å². The number of carbonyl (C=O) groups is 1. The molecule has 1 N–H and O–H groups in total. The number of hydrogen-bond acceptors (Lipinski definition) is 3. The van der Waals surface area contributed by atoms with Crippen LogP contribution in [0.25, 0.3) is 0 Å². The van der Waals surface area contributed by atoms with Gasteiger partial charge in [-0.05, 0) is 58.4 Å². The highest BCUT2D eigenvalue weighted by atomic mass is 19.1. The van der Waals surface area contributed by atoms with Gasteiger partial charge in [-0.1, -0.05) is 6.92 Å². The molecule has 118 valence electrons. The molecule has 4 nitrogen and oxygen atoms in total. The predicted octanol–water partition coefficient (Wildman–Crippen LogP) is 3.36. The molecule has 1 atom stereocenters. The third-order valence-corrected chi connectivity index (χ3v) is 4.98. The molecule has 0 radical (unpaired) electrons. The molecule has 2 rings (SSSR count). The van der Waals surface area contributed by atoms with Gasteiger partial charge in [-0.25, -0.2) is 4.39 Å². The number of aliphatic carboxylic acids is 1. The minimum Gasteiger partial charge on any atom is -0.481 e. The van der Waals surface area contributed by atoms with Crippen LogP contribution in [0.1, 0.15) is 53.9 Å². The summed E-state index contributed by atoms with van der Waals surface area (Å²) in [5.41, 5.74) is -0.712. The minimum atomic E-state index is -0.928. The summed E-state index contributed by atoms with van der Waals surface area (Å²) in [6.07, 6.45) is 1.80. The van der Waals surface area contributed by atoms with Gasteiger partial charge < -0.3 is 14.4 Å². The van der Waals surface area contributed by atoms with Crippen LogP contribution in [0.5, 0.6) is 0 Å². The van der Waals surface area contributed by atoms with E-state index in [9.17, 15) is 9.18 Å². The average Bonchev–Trinajstić information content (AvgIpc) is 2.51. The van der Waals surface area contributed by atoms with Crippen molar-refractivity contribution < 1.29 is 23.6 Å². The second kappa shape index (κ2) is 5.40. The fourth-order valence-corrected chi connectivity index (χ4v) is 2.71. The van der Waals surface area contributed by atoms with Gasteiger partial charge in [-0.2, -0.15) is 0 Å². The lowest BCUT2D eigenvalue weighted by atomic mass is 9.70. The van der Waals surface area contributed by atoms with Crippen LogP contribution < -0.4 is 0 Å². The summed E-state index contributed by atoms with van der Waals surface area (Å²) >= 11 is 0. The molecule has 0 amide bonds. The Morgan fingerprint density at radius 3 is 2.24 bits per heavy atom. The predicted molar refractivity (Wildman–Crippen MR) is 78.4 cm³/mol. The molecule has 2 aliphatic rings. The molecule has 1 aliphatic heterocycles. The molecule has 0 bridgehead atoms. The molecule has 0 spiro atoms. The minimum absolute atomic E-state index is 0.249. The van der Waals surface area contributed by atoms with Crippen molar-refractivity contribution in [3.8, 4) is 0 Å². The Morgan fingerprint density at radius 1 is 1.33 bits per heavy atom. The van der Waals surface area contributed by atoms with Crippen molar-refractivity contribution in [2.24, 2.45) is 11.8 Å². The van der Waals surface area contributed by atoms with E-state index in [-0.39, 0.29) is 17.6 Å². The molecular weight excluding hydrogens is 274 g/mol. The third kappa shape index (κ3) is 3.16. The van der Waals surface area contributed by atoms with E-state index in [1.165, 1.54) is 0 Å². The van der Waals surface area contributed by atoms with Gasteiger partial charge in [-0.3, -0.25) is 4.79 Å². The Balaban J connectivity index is 1.94. The highest BCUT2D eigenvalue weighted by molar-refractivity contribution is 6.53. The van der Waals surface area contributed by atoms with E-state index in [0.29, 0.717) is 24.8 Å². The van der Waals surface area contributed by atoms with E-state index < -0.39 is 24.3 Å². The Bertz CT molecular complexity index is 448. The zero-order chi connectivity index (χ0) is 16.0. The van der Waals surface area contributed by atoms with Gasteiger partial charge in [0.2, 0.25) is 0 Å². The first-order valence-corrected chi connectivity index (χ1v) is 7.49. The summed E-state index contributed by atoms with van der Waals surface area (Å²) in [7, 11) is -0.928. The Labute approximate surface area is 125 Å². The summed E-state index contributed by atoms with van der Waals surface area (Å²) in [6.45, 7) is 9.26. The summed E-state index contributed by atoms with van der Waals surface area (Å²) in [5.74, 6) is -0.922. The van der Waals surface area contributed by atoms with Crippen LogP contribution in [0.3, 0.4) is 0 Å². The fourth-order valence-electron chi connectivity index (χ4n) is 2.71. The molecule has 0 aromatic heterocycles. The maximum atomic E-state index is 14.4. The number of rotatable bonds is 4. The maximum absolute atomic E-state index is 14.4. The monoisotopic (exact) mass is 298 g/mol. The van der Waals surface area contributed by atoms with Crippen molar-refractivity contribution in [3.05, 3.63) is 11.3 Å². The van der Waals surface area contributed by atoms with Gasteiger partial charge in [0.1, 0.15) is 5.73 Å². The molecule has 1 unspecified atom stereocenters. The lowest BCUT2D eigenvalue weighted by molar-refractivity contribution is -0.141. The van der Waals surface area contributed by atoms with E-state index in [1.54, 1.807) is 6.92 Å². The van der Waals surface area contributed by atoms with Gasteiger partial charge in [-0.15, -0.1) is 0 Å². The van der Waals surface area contributed by atoms with Gasteiger partial charge in [0, 0.05) is 0 Å². The van der Waals surface area contributed by atoms with Gasteiger partial charge in [0.05, 0.1) is 17.1 Å². The van der Waals surface area contributed by atoms with Gasteiger partial charge >= 0.3 is 13.1 Å². The number of halogens is 1. The van der Waals surface area contributed by atoms with E-state index >= 15 is 0 Å². The van der Waals surface area contributed by atoms with Crippen molar-refractivity contribution in [3.63, 3.8) is 0 Å². The van der Waals surface area contributed by atoms with E-state index in [1.807, 2.05) is 27.7 Å². The van der Waals surface area contributed by atoms with Crippen molar-refractivity contribution in [2.45, 2.75) is 65.1 Å². The first-order valence-electron chi connectivity index (χ1n) is 7.49. The molecule has 1 saturated heterocycles. The molecule has 21 heavy (non-hydrogen) atoms. The molecule has 0 aromatic rings. The normalized spacial score (nSPS) is 28.2. The van der Waals surface area contributed by atoms with Crippen LogP contribution >= 0.6 is 0 Å². The average molecular weight is 298 g/mol. The molecule has 6 heteroatoms. The summed E-state index contributed by atoms with van der Waals surface area (Å²) in [4.78, 5) is 10.8. The molecule has 2 fully saturated rings. The first-order chi connectivity index (χ1) is 9.53. The lowest BCUT2D eigenvalue weighted by Gasteiger charge is -2.32. The summed E-state index contributed by atoms with van der Waals surface area (Å²) in [5, 5.41) is 8.89. The highest BCUT2D eigenvalue weighted by Gasteiger charge is 2.54. The third-order valence-electron chi connectivity index (χ3n) is 4.98. The molecule has 1 saturated carbocycles. The van der Waals surface area contributed by atoms with Crippen LogP contribution in [0.2, 0.25) is 0 Å². The number of allylic oxidation sites excluding steroid dienone is 1. The number of carboxylic acid groups (broad SMARTS) is 1. The second-order valence-corrected chi connectivity index (χ2v) is 7.29. The Morgan fingerprint density at radius 2 is 1.81 bits per heavy atom. The molecule has 0 aromatic carbocycles. The van der Waals surface area contributed by atoms with Crippen molar-refractivity contribution >= 4 is 13.1 Å². The topological polar surface area (TPSA) is 55.8 Å². The van der Waals surface area contributed by atoms with Crippen LogP contribution in [0, 0.1) is 11.8 Å². The molecular formula is C15H24BFO4. The van der Waals surface area contributed by atoms with Gasteiger partial charge in [0.15, 0.2) is 0 Å². The van der Waals surface area contributed by atoms with E-state index in [0.717, 1.165) is 0 Å². The summed E-state index contributed by atoms with van der Waals surface area (Å²) < 4.78 is 25.8. The fraction of sp³-hybridized carbons (Fsp3) is 0.800. The Kier molecular flexibility index (Phi) is 4.24. The smallest absolute Gasteiger partial charge is 0.481 e. The number of carboxylic acids is 1. The van der Waals surface area contributed by atoms with Crippen LogP contribution in [0.4, 0.5) is 4.39 Å². The molecule has 1 aliphatic carbocycles. The standard InChI is InChI=1S/C15H24BFO4/c1-9(13(18)19)6-10-7-11(8-10)12(17)16-20-14(2,3)15(4,5)21-16/h9-10H,6-8H2,1-5H3,(H,18,19). The zero-order valence-corrected chi connectivity index (χ0v) is 13.4. The van der Waals surface area contributed by atoms with Crippen LogP contribution in [-0.2, 0) is 14.1 Å². The van der Waals surface area contributed by atoms with Crippen LogP contribution in [0.15, 0.2) is 11.3 Å². The SMILES string of the molecule is CC(CC1CC(=C(F)B2OC(C)(C)C(C)(C)O2)C1)C(=O)O. The quantitative estimate of drug-likeness (QED) is 0.809. The molecule has 1 heterocycles.